The molecule has 3 rings (SSSR count). The summed E-state index contributed by atoms with van der Waals surface area (Å²) in [6, 6.07) is 14.9. The van der Waals surface area contributed by atoms with Crippen LogP contribution in [0.25, 0.3) is 21.5 Å². The maximum atomic E-state index is 11.7. The summed E-state index contributed by atoms with van der Waals surface area (Å²) in [5.41, 5.74) is 11.1. The maximum Gasteiger partial charge on any atom is 0.250 e. The van der Waals surface area contributed by atoms with Crippen molar-refractivity contribution in [1.29, 1.82) is 0 Å². The van der Waals surface area contributed by atoms with Gasteiger partial charge in [-0.05, 0) is 39.7 Å². The first kappa shape index (κ1) is 12.2. The number of carbonyl (C=O) groups is 2. The lowest BCUT2D eigenvalue weighted by molar-refractivity contribution is 0.0968. The van der Waals surface area contributed by atoms with Crippen molar-refractivity contribution >= 4 is 33.4 Å². The number of benzene rings is 3. The third-order valence-electron chi connectivity index (χ3n) is 3.40. The highest BCUT2D eigenvalue weighted by atomic mass is 16.2. The van der Waals surface area contributed by atoms with Crippen LogP contribution in [0.1, 0.15) is 20.7 Å². The Labute approximate surface area is 115 Å². The Hall–Kier alpha value is -2.88. The molecule has 0 heterocycles. The molecule has 4 heteroatoms. The Bertz CT molecular complexity index is 869. The van der Waals surface area contributed by atoms with Crippen LogP contribution < -0.4 is 11.5 Å². The van der Waals surface area contributed by atoms with Gasteiger partial charge in [0, 0.05) is 0 Å². The number of hydrogen-bond acceptors (Lipinski definition) is 2. The Balaban J connectivity index is 2.49. The first-order chi connectivity index (χ1) is 9.58. The van der Waals surface area contributed by atoms with Gasteiger partial charge in [-0.2, -0.15) is 0 Å². The third kappa shape index (κ3) is 1.78. The van der Waals surface area contributed by atoms with Crippen LogP contribution in [0.3, 0.4) is 0 Å². The van der Waals surface area contributed by atoms with Crippen molar-refractivity contribution in [2.75, 3.05) is 0 Å². The van der Waals surface area contributed by atoms with E-state index in [9.17, 15) is 9.59 Å². The highest BCUT2D eigenvalue weighted by Gasteiger charge is 2.16. The molecule has 0 radical (unpaired) electrons. The van der Waals surface area contributed by atoms with Gasteiger partial charge in [-0.15, -0.1) is 0 Å². The number of rotatable bonds is 2. The smallest absolute Gasteiger partial charge is 0.250 e. The average molecular weight is 264 g/mol. The fraction of sp³-hybridized carbons (Fsp3) is 0. The van der Waals surface area contributed by atoms with Gasteiger partial charge in [0.15, 0.2) is 0 Å². The van der Waals surface area contributed by atoms with Gasteiger partial charge in [0.1, 0.15) is 0 Å². The summed E-state index contributed by atoms with van der Waals surface area (Å²) >= 11 is 0. The molecule has 0 aliphatic carbocycles. The first-order valence-electron chi connectivity index (χ1n) is 6.13. The van der Waals surface area contributed by atoms with Crippen LogP contribution in [0.15, 0.2) is 48.5 Å². The monoisotopic (exact) mass is 264 g/mol. The zero-order chi connectivity index (χ0) is 14.3. The zero-order valence-corrected chi connectivity index (χ0v) is 10.6. The summed E-state index contributed by atoms with van der Waals surface area (Å²) in [6.45, 7) is 0. The van der Waals surface area contributed by atoms with Gasteiger partial charge >= 0.3 is 0 Å². The van der Waals surface area contributed by atoms with E-state index in [4.69, 9.17) is 11.5 Å². The normalized spacial score (nSPS) is 10.8. The SMILES string of the molecule is NC(=O)c1ccc2cc3ccccc3cc2c1C(N)=O. The second-order valence-electron chi connectivity index (χ2n) is 4.64. The molecule has 0 atom stereocenters. The van der Waals surface area contributed by atoms with E-state index >= 15 is 0 Å². The average Bonchev–Trinajstić information content (AvgIpc) is 2.43. The molecule has 0 fully saturated rings. The van der Waals surface area contributed by atoms with Crippen molar-refractivity contribution in [3.05, 3.63) is 59.7 Å². The number of nitrogens with two attached hydrogens (primary N) is 2. The predicted molar refractivity (Wildman–Crippen MR) is 78.5 cm³/mol. The number of hydrogen-bond donors (Lipinski definition) is 2. The van der Waals surface area contributed by atoms with Crippen molar-refractivity contribution < 1.29 is 9.59 Å². The molecule has 0 aromatic heterocycles. The Morgan fingerprint density at radius 2 is 1.40 bits per heavy atom. The molecule has 0 saturated heterocycles. The topological polar surface area (TPSA) is 86.2 Å². The third-order valence-corrected chi connectivity index (χ3v) is 3.40. The lowest BCUT2D eigenvalue weighted by Crippen LogP contribution is -2.20. The van der Waals surface area contributed by atoms with Gasteiger partial charge in [-0.3, -0.25) is 9.59 Å². The van der Waals surface area contributed by atoms with Crippen LogP contribution in [0.2, 0.25) is 0 Å². The molecule has 3 aromatic rings. The van der Waals surface area contributed by atoms with Crippen molar-refractivity contribution in [3.8, 4) is 0 Å². The van der Waals surface area contributed by atoms with E-state index in [0.717, 1.165) is 16.2 Å². The Morgan fingerprint density at radius 3 is 2.00 bits per heavy atom. The minimum absolute atomic E-state index is 0.153. The van der Waals surface area contributed by atoms with E-state index < -0.39 is 11.8 Å². The lowest BCUT2D eigenvalue weighted by Gasteiger charge is -2.09. The molecule has 0 bridgehead atoms. The van der Waals surface area contributed by atoms with E-state index in [1.807, 2.05) is 36.4 Å². The van der Waals surface area contributed by atoms with Crippen molar-refractivity contribution in [1.82, 2.24) is 0 Å². The minimum Gasteiger partial charge on any atom is -0.366 e. The fourth-order valence-corrected chi connectivity index (χ4v) is 2.48. The lowest BCUT2D eigenvalue weighted by atomic mass is 9.95. The van der Waals surface area contributed by atoms with E-state index in [1.54, 1.807) is 12.1 Å². The molecule has 4 N–H and O–H groups in total. The summed E-state index contributed by atoms with van der Waals surface area (Å²) in [4.78, 5) is 23.1. The molecule has 0 spiro atoms. The first-order valence-corrected chi connectivity index (χ1v) is 6.13. The molecule has 0 unspecified atom stereocenters. The van der Waals surface area contributed by atoms with Crippen LogP contribution in [0, 0.1) is 0 Å². The number of carbonyl (C=O) groups excluding carboxylic acids is 2. The minimum atomic E-state index is -0.658. The molecule has 0 aliphatic heterocycles. The molecule has 20 heavy (non-hydrogen) atoms. The molecule has 0 saturated carbocycles. The standard InChI is InChI=1S/C16H12N2O2/c17-15(19)12-6-5-11-7-9-3-1-2-4-10(9)8-13(11)14(12)16(18)20/h1-8H,(H2,17,19)(H2,18,20). The van der Waals surface area contributed by atoms with Gasteiger partial charge < -0.3 is 11.5 Å². The zero-order valence-electron chi connectivity index (χ0n) is 10.6. The molecular weight excluding hydrogens is 252 g/mol. The largest absolute Gasteiger partial charge is 0.366 e. The quantitative estimate of drug-likeness (QED) is 0.695. The van der Waals surface area contributed by atoms with Crippen molar-refractivity contribution in [2.45, 2.75) is 0 Å². The van der Waals surface area contributed by atoms with Crippen LogP contribution in [0.4, 0.5) is 0 Å². The number of fused-ring (bicyclic) bond motifs is 2. The van der Waals surface area contributed by atoms with E-state index in [-0.39, 0.29) is 11.1 Å². The van der Waals surface area contributed by atoms with Crippen molar-refractivity contribution in [2.24, 2.45) is 11.5 Å². The number of amides is 2. The van der Waals surface area contributed by atoms with Crippen LogP contribution in [-0.4, -0.2) is 11.8 Å². The van der Waals surface area contributed by atoms with Crippen LogP contribution in [-0.2, 0) is 0 Å². The summed E-state index contributed by atoms with van der Waals surface area (Å²) in [6.07, 6.45) is 0. The second-order valence-corrected chi connectivity index (χ2v) is 4.64. The Kier molecular flexibility index (Phi) is 2.64. The van der Waals surface area contributed by atoms with Crippen LogP contribution >= 0.6 is 0 Å². The molecule has 0 aliphatic rings. The van der Waals surface area contributed by atoms with Gasteiger partial charge in [-0.25, -0.2) is 0 Å². The predicted octanol–water partition coefficient (Wildman–Crippen LogP) is 2.19. The van der Waals surface area contributed by atoms with Gasteiger partial charge in [0.2, 0.25) is 11.8 Å². The van der Waals surface area contributed by atoms with E-state index in [1.165, 1.54) is 0 Å². The van der Waals surface area contributed by atoms with Gasteiger partial charge in [-0.1, -0.05) is 30.3 Å². The van der Waals surface area contributed by atoms with E-state index in [2.05, 4.69) is 0 Å². The summed E-state index contributed by atoms with van der Waals surface area (Å²) in [5, 5.41) is 3.53. The number of primary amides is 2. The maximum absolute atomic E-state index is 11.7. The van der Waals surface area contributed by atoms with E-state index in [0.29, 0.717) is 5.39 Å². The summed E-state index contributed by atoms with van der Waals surface area (Å²) in [5.74, 6) is -1.31. The van der Waals surface area contributed by atoms with Crippen LogP contribution in [0.5, 0.6) is 0 Å². The van der Waals surface area contributed by atoms with Crippen molar-refractivity contribution in [3.63, 3.8) is 0 Å². The van der Waals surface area contributed by atoms with Gasteiger partial charge in [0.25, 0.3) is 0 Å². The molecule has 4 nitrogen and oxygen atoms in total. The molecule has 2 amide bonds. The Morgan fingerprint density at radius 1 is 0.750 bits per heavy atom. The summed E-state index contributed by atoms with van der Waals surface area (Å²) in [7, 11) is 0. The fourth-order valence-electron chi connectivity index (χ4n) is 2.48. The summed E-state index contributed by atoms with van der Waals surface area (Å²) < 4.78 is 0. The highest BCUT2D eigenvalue weighted by Crippen LogP contribution is 2.27. The highest BCUT2D eigenvalue weighted by molar-refractivity contribution is 6.16. The second kappa shape index (κ2) is 4.35. The molecule has 98 valence electrons. The van der Waals surface area contributed by atoms with Gasteiger partial charge in [0.05, 0.1) is 11.1 Å². The molecule has 3 aromatic carbocycles. The molecular formula is C16H12N2O2.